The number of carbonyl (C=O) groups is 2. The number of nitrogens with zero attached hydrogens (tertiary/aromatic N) is 4. The molecule has 1 aliphatic rings. The average Bonchev–Trinajstić information content (AvgIpc) is 3.11. The molecule has 124 valence electrons. The van der Waals surface area contributed by atoms with E-state index in [0.717, 1.165) is 0 Å². The molecule has 0 bridgehead atoms. The van der Waals surface area contributed by atoms with Crippen molar-refractivity contribution >= 4 is 28.5 Å². The van der Waals surface area contributed by atoms with Gasteiger partial charge in [0.1, 0.15) is 12.7 Å². The fourth-order valence-corrected chi connectivity index (χ4v) is 3.36. The number of rotatable bonds is 1. The third kappa shape index (κ3) is 1.79. The van der Waals surface area contributed by atoms with Crippen LogP contribution in [0.5, 0.6) is 0 Å². The van der Waals surface area contributed by atoms with Crippen molar-refractivity contribution in [2.24, 2.45) is 0 Å². The first-order valence-corrected chi connectivity index (χ1v) is 7.92. The van der Waals surface area contributed by atoms with Crippen LogP contribution in [0.1, 0.15) is 31.8 Å². The van der Waals surface area contributed by atoms with Crippen molar-refractivity contribution in [3.63, 3.8) is 0 Å². The van der Waals surface area contributed by atoms with Gasteiger partial charge in [-0.05, 0) is 6.07 Å². The van der Waals surface area contributed by atoms with Gasteiger partial charge in [-0.15, -0.1) is 0 Å². The van der Waals surface area contributed by atoms with Gasteiger partial charge in [0.25, 0.3) is 0 Å². The Morgan fingerprint density at radius 3 is 2.35 bits per heavy atom. The Kier molecular flexibility index (Phi) is 2.82. The fourth-order valence-electron chi connectivity index (χ4n) is 3.36. The van der Waals surface area contributed by atoms with E-state index in [2.05, 4.69) is 15.0 Å². The molecular formula is C19H11N5O2. The molecule has 2 heterocycles. The molecule has 0 saturated carbocycles. The lowest BCUT2D eigenvalue weighted by molar-refractivity contribution is 0.0979. The lowest BCUT2D eigenvalue weighted by atomic mass is 9.83. The Balaban J connectivity index is 1.83. The summed E-state index contributed by atoms with van der Waals surface area (Å²) in [5.74, 6) is -0.114. The molecule has 0 atom stereocenters. The van der Waals surface area contributed by atoms with Gasteiger partial charge in [0, 0.05) is 16.7 Å². The summed E-state index contributed by atoms with van der Waals surface area (Å²) in [7, 11) is 0. The maximum Gasteiger partial charge on any atom is 0.196 e. The van der Waals surface area contributed by atoms with E-state index in [-0.39, 0.29) is 17.4 Å². The molecule has 1 aliphatic carbocycles. The number of hydrogen-bond acceptors (Lipinski definition) is 6. The molecule has 5 rings (SSSR count). The van der Waals surface area contributed by atoms with Gasteiger partial charge in [0.2, 0.25) is 0 Å². The monoisotopic (exact) mass is 341 g/mol. The molecule has 0 spiro atoms. The first-order valence-electron chi connectivity index (χ1n) is 7.92. The van der Waals surface area contributed by atoms with Crippen LogP contribution in [0, 0.1) is 0 Å². The van der Waals surface area contributed by atoms with Gasteiger partial charge in [-0.3, -0.25) is 14.2 Å². The number of benzene rings is 2. The Morgan fingerprint density at radius 1 is 0.808 bits per heavy atom. The van der Waals surface area contributed by atoms with E-state index in [1.807, 2.05) is 0 Å². The smallest absolute Gasteiger partial charge is 0.196 e. The predicted molar refractivity (Wildman–Crippen MR) is 94.4 cm³/mol. The Morgan fingerprint density at radius 2 is 1.54 bits per heavy atom. The molecule has 0 aliphatic heterocycles. The molecule has 0 amide bonds. The van der Waals surface area contributed by atoms with Crippen LogP contribution >= 0.6 is 0 Å². The van der Waals surface area contributed by atoms with Gasteiger partial charge < -0.3 is 5.73 Å². The Labute approximate surface area is 147 Å². The summed E-state index contributed by atoms with van der Waals surface area (Å²) in [6, 6.07) is 12.0. The topological polar surface area (TPSA) is 104 Å². The van der Waals surface area contributed by atoms with Crippen LogP contribution in [0.4, 0.5) is 5.82 Å². The highest BCUT2D eigenvalue weighted by atomic mass is 16.1. The molecule has 26 heavy (non-hydrogen) atoms. The number of fused-ring (bicyclic) bond motifs is 3. The van der Waals surface area contributed by atoms with Gasteiger partial charge in [-0.25, -0.2) is 15.0 Å². The van der Waals surface area contributed by atoms with Crippen molar-refractivity contribution in [2.45, 2.75) is 0 Å². The second-order valence-electron chi connectivity index (χ2n) is 5.95. The van der Waals surface area contributed by atoms with Crippen molar-refractivity contribution in [1.29, 1.82) is 0 Å². The molecule has 2 aromatic heterocycles. The summed E-state index contributed by atoms with van der Waals surface area (Å²) >= 11 is 0. The fraction of sp³-hybridized carbons (Fsp3) is 0. The SMILES string of the molecule is Nc1ncnc2c1ncn2-c1cccc2c1C(=O)c1ccccc1C2=O. The first kappa shape index (κ1) is 14.5. The normalized spacial score (nSPS) is 12.9. The number of hydrogen-bond donors (Lipinski definition) is 1. The molecule has 0 saturated heterocycles. The van der Waals surface area contributed by atoms with Crippen LogP contribution in [0.15, 0.2) is 55.1 Å². The molecule has 0 unspecified atom stereocenters. The zero-order valence-electron chi connectivity index (χ0n) is 13.4. The van der Waals surface area contributed by atoms with E-state index < -0.39 is 0 Å². The molecule has 2 aromatic carbocycles. The van der Waals surface area contributed by atoms with E-state index in [1.54, 1.807) is 47.0 Å². The van der Waals surface area contributed by atoms with Crippen LogP contribution in [0.2, 0.25) is 0 Å². The average molecular weight is 341 g/mol. The van der Waals surface area contributed by atoms with Crippen LogP contribution in [-0.4, -0.2) is 31.1 Å². The second kappa shape index (κ2) is 5.06. The highest BCUT2D eigenvalue weighted by Crippen LogP contribution is 2.32. The third-order valence-electron chi connectivity index (χ3n) is 4.55. The largest absolute Gasteiger partial charge is 0.382 e. The number of carbonyl (C=O) groups excluding carboxylic acids is 2. The van der Waals surface area contributed by atoms with Crippen LogP contribution in [-0.2, 0) is 0 Å². The van der Waals surface area contributed by atoms with Crippen molar-refractivity contribution in [2.75, 3.05) is 5.73 Å². The molecule has 2 N–H and O–H groups in total. The lowest BCUT2D eigenvalue weighted by Gasteiger charge is -2.20. The maximum absolute atomic E-state index is 13.1. The molecule has 0 radical (unpaired) electrons. The first-order chi connectivity index (χ1) is 12.7. The summed E-state index contributed by atoms with van der Waals surface area (Å²) in [6.45, 7) is 0. The number of nitrogen functional groups attached to an aromatic ring is 1. The minimum absolute atomic E-state index is 0.171. The highest BCUT2D eigenvalue weighted by molar-refractivity contribution is 6.29. The van der Waals surface area contributed by atoms with Crippen molar-refractivity contribution in [3.8, 4) is 5.69 Å². The highest BCUT2D eigenvalue weighted by Gasteiger charge is 2.32. The minimum atomic E-state index is -0.199. The van der Waals surface area contributed by atoms with E-state index in [4.69, 9.17) is 5.73 Å². The van der Waals surface area contributed by atoms with E-state index in [0.29, 0.717) is 39.1 Å². The minimum Gasteiger partial charge on any atom is -0.382 e. The standard InChI is InChI=1S/C19H11N5O2/c20-18-15-19(22-8-21-18)24(9-23-15)13-7-3-6-12-14(13)17(26)11-5-2-1-4-10(11)16(12)25/h1-9H,(H2,20,21,22). The zero-order chi connectivity index (χ0) is 17.8. The molecule has 4 aromatic rings. The van der Waals surface area contributed by atoms with Crippen LogP contribution in [0.3, 0.4) is 0 Å². The maximum atomic E-state index is 13.1. The Bertz CT molecular complexity index is 1240. The molecular weight excluding hydrogens is 330 g/mol. The third-order valence-corrected chi connectivity index (χ3v) is 4.55. The summed E-state index contributed by atoms with van der Waals surface area (Å²) in [6.07, 6.45) is 2.87. The summed E-state index contributed by atoms with van der Waals surface area (Å²) in [5.41, 5.74) is 8.84. The Hall–Kier alpha value is -3.87. The van der Waals surface area contributed by atoms with Gasteiger partial charge in [-0.2, -0.15) is 0 Å². The van der Waals surface area contributed by atoms with Crippen molar-refractivity contribution in [3.05, 3.63) is 77.4 Å². The van der Waals surface area contributed by atoms with E-state index >= 15 is 0 Å². The van der Waals surface area contributed by atoms with Crippen molar-refractivity contribution in [1.82, 2.24) is 19.5 Å². The molecule has 0 fully saturated rings. The molecule has 7 heteroatoms. The summed E-state index contributed by atoms with van der Waals surface area (Å²) < 4.78 is 1.66. The van der Waals surface area contributed by atoms with Gasteiger partial charge >= 0.3 is 0 Å². The summed E-state index contributed by atoms with van der Waals surface area (Å²) in [4.78, 5) is 38.4. The number of nitrogens with two attached hydrogens (primary N) is 1. The number of imidazole rings is 1. The number of ketones is 2. The number of anilines is 1. The second-order valence-corrected chi connectivity index (χ2v) is 5.95. The quantitative estimate of drug-likeness (QED) is 0.501. The van der Waals surface area contributed by atoms with Crippen LogP contribution in [0.25, 0.3) is 16.9 Å². The number of aromatic nitrogens is 4. The van der Waals surface area contributed by atoms with Crippen LogP contribution < -0.4 is 5.73 Å². The van der Waals surface area contributed by atoms with Gasteiger partial charge in [-0.1, -0.05) is 36.4 Å². The van der Waals surface area contributed by atoms with Gasteiger partial charge in [0.15, 0.2) is 28.5 Å². The van der Waals surface area contributed by atoms with Crippen molar-refractivity contribution < 1.29 is 9.59 Å². The summed E-state index contributed by atoms with van der Waals surface area (Å²) in [5, 5.41) is 0. The zero-order valence-corrected chi connectivity index (χ0v) is 13.4. The van der Waals surface area contributed by atoms with E-state index in [9.17, 15) is 9.59 Å². The van der Waals surface area contributed by atoms with Gasteiger partial charge in [0.05, 0.1) is 11.3 Å². The molecule has 7 nitrogen and oxygen atoms in total. The predicted octanol–water partition coefficient (Wildman–Crippen LogP) is 2.17. The lowest BCUT2D eigenvalue weighted by Crippen LogP contribution is -2.22. The van der Waals surface area contributed by atoms with E-state index in [1.165, 1.54) is 12.7 Å².